The lowest BCUT2D eigenvalue weighted by atomic mass is 10.0. The maximum atomic E-state index is 12.4. The lowest BCUT2D eigenvalue weighted by Crippen LogP contribution is -2.06. The number of phenols is 2. The van der Waals surface area contributed by atoms with E-state index in [1.165, 1.54) is 19.3 Å². The number of rotatable bonds is 4. The van der Waals surface area contributed by atoms with Gasteiger partial charge in [0.15, 0.2) is 17.3 Å². The van der Waals surface area contributed by atoms with E-state index in [1.807, 2.05) is 12.2 Å². The van der Waals surface area contributed by atoms with Gasteiger partial charge < -0.3 is 19.7 Å². The molecule has 0 spiro atoms. The van der Waals surface area contributed by atoms with Crippen LogP contribution in [0.1, 0.15) is 21.5 Å². The smallest absolute Gasteiger partial charge is 0.204 e. The Morgan fingerprint density at radius 2 is 2.12 bits per heavy atom. The molecule has 0 aliphatic carbocycles. The molecule has 122 valence electrons. The summed E-state index contributed by atoms with van der Waals surface area (Å²) in [5, 5.41) is 19.8. The van der Waals surface area contributed by atoms with Gasteiger partial charge in [-0.15, -0.1) is 0 Å². The van der Waals surface area contributed by atoms with E-state index in [-0.39, 0.29) is 28.6 Å². The Kier molecular flexibility index (Phi) is 4.24. The largest absolute Gasteiger partial charge is 0.508 e. The monoisotopic (exact) mass is 324 g/mol. The highest BCUT2D eigenvalue weighted by atomic mass is 16.5. The Bertz CT molecular complexity index is 849. The highest BCUT2D eigenvalue weighted by Gasteiger charge is 2.22. The molecule has 0 unspecified atom stereocenters. The molecule has 24 heavy (non-hydrogen) atoms. The molecule has 2 aromatic carbocycles. The van der Waals surface area contributed by atoms with Gasteiger partial charge in [0.05, 0.1) is 12.7 Å². The molecule has 5 heteroatoms. The molecule has 0 bridgehead atoms. The van der Waals surface area contributed by atoms with Crippen LogP contribution < -0.4 is 9.47 Å². The summed E-state index contributed by atoms with van der Waals surface area (Å²) in [5.74, 6) is 0.0511. The molecule has 0 saturated carbocycles. The quantitative estimate of drug-likeness (QED) is 0.666. The predicted molar refractivity (Wildman–Crippen MR) is 90.7 cm³/mol. The maximum Gasteiger partial charge on any atom is 0.204 e. The summed E-state index contributed by atoms with van der Waals surface area (Å²) in [4.78, 5) is 12.4. The van der Waals surface area contributed by atoms with Gasteiger partial charge in [-0.1, -0.05) is 24.3 Å². The first-order valence-electron chi connectivity index (χ1n) is 7.35. The van der Waals surface area contributed by atoms with E-state index in [9.17, 15) is 15.0 Å². The molecule has 5 nitrogen and oxygen atoms in total. The Balaban J connectivity index is 1.97. The number of hydrogen-bond acceptors (Lipinski definition) is 5. The van der Waals surface area contributed by atoms with Gasteiger partial charge in [0.25, 0.3) is 0 Å². The Hall–Kier alpha value is -3.21. The predicted octanol–water partition coefficient (Wildman–Crippen LogP) is 3.41. The summed E-state index contributed by atoms with van der Waals surface area (Å²) >= 11 is 0. The van der Waals surface area contributed by atoms with E-state index >= 15 is 0 Å². The van der Waals surface area contributed by atoms with Crippen molar-refractivity contribution in [2.45, 2.75) is 0 Å². The van der Waals surface area contributed by atoms with Crippen molar-refractivity contribution in [1.29, 1.82) is 0 Å². The van der Waals surface area contributed by atoms with Gasteiger partial charge in [-0.3, -0.25) is 4.79 Å². The van der Waals surface area contributed by atoms with E-state index in [4.69, 9.17) is 9.47 Å². The standard InChI is InChI=1S/C19H16O5/c1-23-19-17(22)15(11-13-5-3-9-24-18(13)19)16(21)8-7-12-4-2-6-14(20)10-12/h2-8,10-11,20,22H,9H2,1H3/b8-7+. The van der Waals surface area contributed by atoms with Crippen molar-refractivity contribution in [3.8, 4) is 23.0 Å². The van der Waals surface area contributed by atoms with Crippen LogP contribution in [0, 0.1) is 0 Å². The van der Waals surface area contributed by atoms with Gasteiger partial charge in [0, 0.05) is 5.56 Å². The molecule has 0 aromatic heterocycles. The van der Waals surface area contributed by atoms with Crippen LogP contribution in [0.15, 0.2) is 42.5 Å². The fourth-order valence-corrected chi connectivity index (χ4v) is 2.50. The summed E-state index contributed by atoms with van der Waals surface area (Å²) in [5.41, 5.74) is 1.47. The van der Waals surface area contributed by atoms with E-state index in [0.717, 1.165) is 0 Å². The highest BCUT2D eigenvalue weighted by Crippen LogP contribution is 2.44. The molecule has 1 heterocycles. The zero-order valence-electron chi connectivity index (χ0n) is 13.0. The Labute approximate surface area is 139 Å². The maximum absolute atomic E-state index is 12.4. The number of aromatic hydroxyl groups is 2. The summed E-state index contributed by atoms with van der Waals surface area (Å²) < 4.78 is 10.7. The summed E-state index contributed by atoms with van der Waals surface area (Å²) in [6, 6.07) is 8.09. The van der Waals surface area contributed by atoms with Crippen molar-refractivity contribution in [2.75, 3.05) is 13.7 Å². The van der Waals surface area contributed by atoms with Crippen LogP contribution in [0.3, 0.4) is 0 Å². The number of ketones is 1. The van der Waals surface area contributed by atoms with Gasteiger partial charge in [-0.25, -0.2) is 0 Å². The number of ether oxygens (including phenoxy) is 2. The van der Waals surface area contributed by atoms with Crippen molar-refractivity contribution in [2.24, 2.45) is 0 Å². The highest BCUT2D eigenvalue weighted by molar-refractivity contribution is 6.09. The minimum Gasteiger partial charge on any atom is -0.508 e. The van der Waals surface area contributed by atoms with Crippen molar-refractivity contribution < 1.29 is 24.5 Å². The van der Waals surface area contributed by atoms with E-state index in [0.29, 0.717) is 23.5 Å². The third kappa shape index (κ3) is 2.96. The Morgan fingerprint density at radius 1 is 1.29 bits per heavy atom. The van der Waals surface area contributed by atoms with Crippen molar-refractivity contribution in [3.05, 3.63) is 59.2 Å². The molecule has 0 fully saturated rings. The fourth-order valence-electron chi connectivity index (χ4n) is 2.50. The second-order valence-electron chi connectivity index (χ2n) is 5.23. The molecule has 1 aliphatic heterocycles. The second kappa shape index (κ2) is 6.50. The third-order valence-corrected chi connectivity index (χ3v) is 3.63. The molecule has 0 saturated heterocycles. The number of allylic oxidation sites excluding steroid dienone is 1. The molecule has 0 amide bonds. The average Bonchev–Trinajstić information content (AvgIpc) is 2.59. The first-order chi connectivity index (χ1) is 11.6. The number of methoxy groups -OCH3 is 1. The van der Waals surface area contributed by atoms with Crippen LogP contribution in [-0.4, -0.2) is 29.7 Å². The fraction of sp³-hybridized carbons (Fsp3) is 0.105. The number of phenolic OH excluding ortho intramolecular Hbond substituents is 2. The van der Waals surface area contributed by atoms with Crippen molar-refractivity contribution in [3.63, 3.8) is 0 Å². The zero-order valence-corrected chi connectivity index (χ0v) is 13.0. The van der Waals surface area contributed by atoms with Crippen LogP contribution in [0.25, 0.3) is 12.2 Å². The normalized spacial score (nSPS) is 12.7. The number of hydrogen-bond donors (Lipinski definition) is 2. The molecule has 0 atom stereocenters. The van der Waals surface area contributed by atoms with Crippen LogP contribution >= 0.6 is 0 Å². The lowest BCUT2D eigenvalue weighted by molar-refractivity contribution is 0.104. The summed E-state index contributed by atoms with van der Waals surface area (Å²) in [6.07, 6.45) is 6.54. The molecule has 2 aromatic rings. The van der Waals surface area contributed by atoms with Crippen molar-refractivity contribution >= 4 is 17.9 Å². The number of carbonyl (C=O) groups excluding carboxylic acids is 1. The lowest BCUT2D eigenvalue weighted by Gasteiger charge is -2.18. The van der Waals surface area contributed by atoms with Gasteiger partial charge in [-0.2, -0.15) is 0 Å². The first kappa shape index (κ1) is 15.7. The van der Waals surface area contributed by atoms with Crippen molar-refractivity contribution in [1.82, 2.24) is 0 Å². The topological polar surface area (TPSA) is 76.0 Å². The van der Waals surface area contributed by atoms with E-state index < -0.39 is 0 Å². The van der Waals surface area contributed by atoms with Gasteiger partial charge in [0.2, 0.25) is 5.75 Å². The number of benzene rings is 2. The van der Waals surface area contributed by atoms with Crippen LogP contribution in [0.5, 0.6) is 23.0 Å². The van der Waals surface area contributed by atoms with E-state index in [1.54, 1.807) is 30.3 Å². The zero-order chi connectivity index (χ0) is 17.1. The van der Waals surface area contributed by atoms with Gasteiger partial charge in [0.1, 0.15) is 12.4 Å². The minimum absolute atomic E-state index is 0.116. The number of fused-ring (bicyclic) bond motifs is 1. The summed E-state index contributed by atoms with van der Waals surface area (Å²) in [7, 11) is 1.41. The third-order valence-electron chi connectivity index (χ3n) is 3.63. The van der Waals surface area contributed by atoms with Gasteiger partial charge in [-0.05, 0) is 35.9 Å². The Morgan fingerprint density at radius 3 is 2.88 bits per heavy atom. The number of carbonyl (C=O) groups is 1. The van der Waals surface area contributed by atoms with Crippen LogP contribution in [0.4, 0.5) is 0 Å². The molecular formula is C19H16O5. The van der Waals surface area contributed by atoms with Crippen LogP contribution in [0.2, 0.25) is 0 Å². The molecule has 2 N–H and O–H groups in total. The average molecular weight is 324 g/mol. The van der Waals surface area contributed by atoms with E-state index in [2.05, 4.69) is 0 Å². The molecule has 3 rings (SSSR count). The van der Waals surface area contributed by atoms with Crippen LogP contribution in [-0.2, 0) is 0 Å². The first-order valence-corrected chi connectivity index (χ1v) is 7.35. The summed E-state index contributed by atoms with van der Waals surface area (Å²) in [6.45, 7) is 0.382. The van der Waals surface area contributed by atoms with Gasteiger partial charge >= 0.3 is 0 Å². The molecular weight excluding hydrogens is 308 g/mol. The molecule has 1 aliphatic rings. The minimum atomic E-state index is -0.379. The SMILES string of the molecule is COc1c(O)c(C(=O)/C=C/c2cccc(O)c2)cc2c1OCC=C2. The molecule has 0 radical (unpaired) electrons. The second-order valence-corrected chi connectivity index (χ2v) is 5.23.